The highest BCUT2D eigenvalue weighted by Gasteiger charge is 2.32. The van der Waals surface area contributed by atoms with E-state index in [1.165, 1.54) is 19.3 Å². The van der Waals surface area contributed by atoms with Gasteiger partial charge in [0, 0.05) is 25.6 Å². The third-order valence-electron chi connectivity index (χ3n) is 5.03. The third kappa shape index (κ3) is 6.33. The Morgan fingerprint density at radius 2 is 1.92 bits per heavy atom. The van der Waals surface area contributed by atoms with Crippen LogP contribution in [-0.2, 0) is 11.2 Å². The summed E-state index contributed by atoms with van der Waals surface area (Å²) in [6.07, 6.45) is 6.97. The molecule has 1 aliphatic carbocycles. The summed E-state index contributed by atoms with van der Waals surface area (Å²) in [4.78, 5) is 23.9. The van der Waals surface area contributed by atoms with Gasteiger partial charge in [0.05, 0.1) is 0 Å². The van der Waals surface area contributed by atoms with Crippen molar-refractivity contribution in [2.24, 2.45) is 11.1 Å². The van der Waals surface area contributed by atoms with Crippen LogP contribution in [0.25, 0.3) is 0 Å². The summed E-state index contributed by atoms with van der Waals surface area (Å²) in [5.41, 5.74) is 7.64. The number of hydrogen-bond acceptors (Lipinski definition) is 3. The fraction of sp³-hybridized carbons (Fsp3) is 0.579. The second-order valence-electron chi connectivity index (χ2n) is 6.82. The number of rotatable bonds is 7. The van der Waals surface area contributed by atoms with Crippen molar-refractivity contribution in [3.63, 3.8) is 0 Å². The lowest BCUT2D eigenvalue weighted by atomic mass is 9.71. The van der Waals surface area contributed by atoms with Gasteiger partial charge in [0.2, 0.25) is 5.91 Å². The van der Waals surface area contributed by atoms with Gasteiger partial charge >= 0.3 is 0 Å². The molecular weight excluding hydrogens is 338 g/mol. The first kappa shape index (κ1) is 21.5. The van der Waals surface area contributed by atoms with Gasteiger partial charge in [-0.05, 0) is 48.9 Å². The van der Waals surface area contributed by atoms with E-state index in [1.807, 2.05) is 18.2 Å². The van der Waals surface area contributed by atoms with Crippen molar-refractivity contribution < 1.29 is 9.59 Å². The summed E-state index contributed by atoms with van der Waals surface area (Å²) in [6.45, 7) is 1.17. The van der Waals surface area contributed by atoms with Gasteiger partial charge in [-0.3, -0.25) is 9.59 Å². The minimum Gasteiger partial charge on any atom is -0.356 e. The second-order valence-corrected chi connectivity index (χ2v) is 6.82. The van der Waals surface area contributed by atoms with Crippen LogP contribution in [0.15, 0.2) is 24.3 Å². The molecule has 25 heavy (non-hydrogen) atoms. The Morgan fingerprint density at radius 3 is 2.56 bits per heavy atom. The SMILES string of the molecule is CNC(=O)c1cccc(CCNC(=O)CC2(CN)CCCCC2)c1.Cl. The Hall–Kier alpha value is -1.59. The Bertz CT molecular complexity index is 572. The van der Waals surface area contributed by atoms with Crippen LogP contribution in [-0.4, -0.2) is 32.0 Å². The maximum Gasteiger partial charge on any atom is 0.251 e. The van der Waals surface area contributed by atoms with Crippen LogP contribution < -0.4 is 16.4 Å². The van der Waals surface area contributed by atoms with Gasteiger partial charge in [0.25, 0.3) is 5.91 Å². The number of carbonyl (C=O) groups excluding carboxylic acids is 2. The quantitative estimate of drug-likeness (QED) is 0.692. The van der Waals surface area contributed by atoms with Gasteiger partial charge in [-0.15, -0.1) is 12.4 Å². The van der Waals surface area contributed by atoms with Crippen LogP contribution in [0.4, 0.5) is 0 Å². The Balaban J connectivity index is 0.00000312. The molecule has 5 nitrogen and oxygen atoms in total. The molecule has 4 N–H and O–H groups in total. The highest BCUT2D eigenvalue weighted by Crippen LogP contribution is 2.38. The van der Waals surface area contributed by atoms with E-state index in [9.17, 15) is 9.59 Å². The minimum atomic E-state index is -0.0944. The van der Waals surface area contributed by atoms with Crippen LogP contribution in [0.5, 0.6) is 0 Å². The molecule has 0 spiro atoms. The molecule has 1 fully saturated rings. The zero-order valence-electron chi connectivity index (χ0n) is 15.0. The van der Waals surface area contributed by atoms with Gasteiger partial charge in [-0.1, -0.05) is 31.4 Å². The van der Waals surface area contributed by atoms with Crippen molar-refractivity contribution in [2.75, 3.05) is 20.1 Å². The van der Waals surface area contributed by atoms with Crippen LogP contribution >= 0.6 is 12.4 Å². The molecule has 0 heterocycles. The van der Waals surface area contributed by atoms with E-state index in [-0.39, 0.29) is 29.6 Å². The van der Waals surface area contributed by atoms with E-state index >= 15 is 0 Å². The van der Waals surface area contributed by atoms with Crippen molar-refractivity contribution in [1.29, 1.82) is 0 Å². The first-order chi connectivity index (χ1) is 11.6. The van der Waals surface area contributed by atoms with E-state index in [4.69, 9.17) is 5.73 Å². The molecule has 1 aromatic rings. The highest BCUT2D eigenvalue weighted by molar-refractivity contribution is 5.94. The normalized spacial score (nSPS) is 15.8. The maximum absolute atomic E-state index is 12.3. The van der Waals surface area contributed by atoms with Crippen LogP contribution in [0.2, 0.25) is 0 Å². The smallest absolute Gasteiger partial charge is 0.251 e. The number of benzene rings is 1. The minimum absolute atomic E-state index is 0. The van der Waals surface area contributed by atoms with Crippen molar-refractivity contribution >= 4 is 24.2 Å². The summed E-state index contributed by atoms with van der Waals surface area (Å²) in [5, 5.41) is 5.62. The molecule has 2 amide bonds. The Morgan fingerprint density at radius 1 is 1.20 bits per heavy atom. The molecule has 6 heteroatoms. The molecule has 140 valence electrons. The van der Waals surface area contributed by atoms with E-state index in [2.05, 4.69) is 10.6 Å². The lowest BCUT2D eigenvalue weighted by Crippen LogP contribution is -2.39. The molecule has 2 rings (SSSR count). The van der Waals surface area contributed by atoms with E-state index in [0.29, 0.717) is 31.5 Å². The first-order valence-corrected chi connectivity index (χ1v) is 8.86. The average molecular weight is 368 g/mol. The summed E-state index contributed by atoms with van der Waals surface area (Å²) in [5.74, 6) is -0.00659. The van der Waals surface area contributed by atoms with Gasteiger partial charge in [0.15, 0.2) is 0 Å². The predicted molar refractivity (Wildman–Crippen MR) is 103 cm³/mol. The van der Waals surface area contributed by atoms with E-state index in [0.717, 1.165) is 18.4 Å². The molecule has 1 aliphatic rings. The van der Waals surface area contributed by atoms with Crippen LogP contribution in [0.3, 0.4) is 0 Å². The lowest BCUT2D eigenvalue weighted by molar-refractivity contribution is -0.123. The summed E-state index contributed by atoms with van der Waals surface area (Å²) >= 11 is 0. The largest absolute Gasteiger partial charge is 0.356 e. The predicted octanol–water partition coefficient (Wildman–Crippen LogP) is 2.43. The topological polar surface area (TPSA) is 84.2 Å². The van der Waals surface area contributed by atoms with Crippen molar-refractivity contribution in [2.45, 2.75) is 44.9 Å². The lowest BCUT2D eigenvalue weighted by Gasteiger charge is -2.35. The molecule has 0 aromatic heterocycles. The number of amides is 2. The fourth-order valence-electron chi connectivity index (χ4n) is 3.52. The first-order valence-electron chi connectivity index (χ1n) is 8.86. The fourth-order valence-corrected chi connectivity index (χ4v) is 3.52. The summed E-state index contributed by atoms with van der Waals surface area (Å²) < 4.78 is 0. The Kier molecular flexibility index (Phi) is 8.93. The van der Waals surface area contributed by atoms with E-state index in [1.54, 1.807) is 13.1 Å². The van der Waals surface area contributed by atoms with Gasteiger partial charge in [0.1, 0.15) is 0 Å². The number of hydrogen-bond donors (Lipinski definition) is 3. The molecule has 0 radical (unpaired) electrons. The standard InChI is InChI=1S/C19H29N3O2.ClH/c1-21-18(24)16-7-5-6-15(12-16)8-11-22-17(23)13-19(14-20)9-3-2-4-10-19;/h5-7,12H,2-4,8-11,13-14,20H2,1H3,(H,21,24)(H,22,23);1H. The van der Waals surface area contributed by atoms with Crippen LogP contribution in [0, 0.1) is 5.41 Å². The van der Waals surface area contributed by atoms with Crippen LogP contribution in [0.1, 0.15) is 54.4 Å². The van der Waals surface area contributed by atoms with Crippen molar-refractivity contribution in [3.8, 4) is 0 Å². The molecule has 0 aliphatic heterocycles. The Labute approximate surface area is 156 Å². The molecule has 1 saturated carbocycles. The van der Waals surface area contributed by atoms with Gasteiger partial charge < -0.3 is 16.4 Å². The molecule has 0 saturated heterocycles. The monoisotopic (exact) mass is 367 g/mol. The van der Waals surface area contributed by atoms with E-state index < -0.39 is 0 Å². The molecule has 1 aromatic carbocycles. The number of nitrogens with one attached hydrogen (secondary N) is 2. The molecular formula is C19H30ClN3O2. The molecule has 0 unspecified atom stereocenters. The number of nitrogens with two attached hydrogens (primary N) is 1. The zero-order chi connectivity index (χ0) is 17.4. The van der Waals surface area contributed by atoms with Crippen molar-refractivity contribution in [3.05, 3.63) is 35.4 Å². The van der Waals surface area contributed by atoms with Gasteiger partial charge in [-0.2, -0.15) is 0 Å². The third-order valence-corrected chi connectivity index (χ3v) is 5.03. The molecule has 0 bridgehead atoms. The number of halogens is 1. The second kappa shape index (κ2) is 10.4. The number of carbonyl (C=O) groups is 2. The zero-order valence-corrected chi connectivity index (χ0v) is 15.8. The molecule has 0 atom stereocenters. The van der Waals surface area contributed by atoms with Crippen molar-refractivity contribution in [1.82, 2.24) is 10.6 Å². The van der Waals surface area contributed by atoms with Gasteiger partial charge in [-0.25, -0.2) is 0 Å². The average Bonchev–Trinajstić information content (AvgIpc) is 2.62. The highest BCUT2D eigenvalue weighted by atomic mass is 35.5. The summed E-state index contributed by atoms with van der Waals surface area (Å²) in [6, 6.07) is 7.50. The summed E-state index contributed by atoms with van der Waals surface area (Å²) in [7, 11) is 1.62. The maximum atomic E-state index is 12.3.